The number of phenolic OH excluding ortho intramolecular Hbond substituents is 1. The van der Waals surface area contributed by atoms with Crippen molar-refractivity contribution in [1.82, 2.24) is 16.0 Å². The van der Waals surface area contributed by atoms with Gasteiger partial charge in [-0.2, -0.15) is 0 Å². The molecule has 1 atom stereocenters. The van der Waals surface area contributed by atoms with Crippen molar-refractivity contribution in [2.45, 2.75) is 19.5 Å². The lowest BCUT2D eigenvalue weighted by molar-refractivity contribution is -0.139. The van der Waals surface area contributed by atoms with Crippen LogP contribution >= 0.6 is 34.5 Å². The number of carbonyl (C=O) groups excluding carboxylic acids is 3. The van der Waals surface area contributed by atoms with Gasteiger partial charge in [-0.1, -0.05) is 35.3 Å². The summed E-state index contributed by atoms with van der Waals surface area (Å²) in [4.78, 5) is 49.7. The summed E-state index contributed by atoms with van der Waals surface area (Å²) in [6, 6.07) is 9.12. The van der Waals surface area contributed by atoms with Gasteiger partial charge >= 0.3 is 5.97 Å². The number of amides is 3. The number of benzene rings is 2. The van der Waals surface area contributed by atoms with E-state index in [-0.39, 0.29) is 40.0 Å². The number of halogens is 2. The highest BCUT2D eigenvalue weighted by atomic mass is 35.5. The van der Waals surface area contributed by atoms with Crippen LogP contribution in [0.25, 0.3) is 0 Å². The Hall–Kier alpha value is -3.60. The van der Waals surface area contributed by atoms with Crippen LogP contribution in [0.2, 0.25) is 10.0 Å². The van der Waals surface area contributed by atoms with E-state index < -0.39 is 29.7 Å². The van der Waals surface area contributed by atoms with E-state index in [0.717, 1.165) is 5.56 Å². The maximum Gasteiger partial charge on any atom is 0.328 e. The minimum atomic E-state index is -1.46. The summed E-state index contributed by atoms with van der Waals surface area (Å²) in [5.74, 6) is -3.18. The number of thiophene rings is 1. The quantitative estimate of drug-likeness (QED) is 0.275. The smallest absolute Gasteiger partial charge is 0.328 e. The van der Waals surface area contributed by atoms with Crippen LogP contribution < -0.4 is 16.0 Å². The molecule has 3 rings (SSSR count). The Morgan fingerprint density at radius 2 is 1.67 bits per heavy atom. The first kappa shape index (κ1) is 27.0. The summed E-state index contributed by atoms with van der Waals surface area (Å²) < 4.78 is 0. The highest BCUT2D eigenvalue weighted by Gasteiger charge is 2.25. The number of hydrogen-bond acceptors (Lipinski definition) is 6. The lowest BCUT2D eigenvalue weighted by Gasteiger charge is -2.17. The number of aryl methyl sites for hydroxylation is 1. The summed E-state index contributed by atoms with van der Waals surface area (Å²) >= 11 is 13.6. The first-order valence-electron chi connectivity index (χ1n) is 10.5. The van der Waals surface area contributed by atoms with Gasteiger partial charge in [0.2, 0.25) is 0 Å². The second kappa shape index (κ2) is 11.9. The Labute approximate surface area is 220 Å². The highest BCUT2D eigenvalue weighted by Crippen LogP contribution is 2.27. The lowest BCUT2D eigenvalue weighted by atomic mass is 10.1. The Kier molecular flexibility index (Phi) is 8.92. The second-order valence-corrected chi connectivity index (χ2v) is 9.41. The summed E-state index contributed by atoms with van der Waals surface area (Å²) in [7, 11) is 0. The van der Waals surface area contributed by atoms with Crippen molar-refractivity contribution in [3.05, 3.63) is 85.0 Å². The largest absolute Gasteiger partial charge is 0.508 e. The molecule has 1 heterocycles. The fourth-order valence-electron chi connectivity index (χ4n) is 3.18. The number of aromatic hydroxyl groups is 1. The molecule has 0 fully saturated rings. The molecule has 12 heteroatoms. The Bertz CT molecular complexity index is 1300. The van der Waals surface area contributed by atoms with Crippen molar-refractivity contribution in [3.8, 4) is 5.75 Å². The van der Waals surface area contributed by atoms with Gasteiger partial charge in [-0.3, -0.25) is 14.4 Å². The summed E-state index contributed by atoms with van der Waals surface area (Å²) in [6.07, 6.45) is 0. The van der Waals surface area contributed by atoms with Crippen molar-refractivity contribution in [1.29, 1.82) is 0 Å². The molecule has 3 aromatic rings. The molecule has 0 bridgehead atoms. The van der Waals surface area contributed by atoms with Crippen molar-refractivity contribution in [2.75, 3.05) is 6.54 Å². The fourth-order valence-corrected chi connectivity index (χ4v) is 4.68. The maximum atomic E-state index is 12.8. The van der Waals surface area contributed by atoms with Crippen molar-refractivity contribution >= 4 is 58.2 Å². The zero-order valence-corrected chi connectivity index (χ0v) is 21.1. The second-order valence-electron chi connectivity index (χ2n) is 7.67. The Balaban J connectivity index is 1.67. The van der Waals surface area contributed by atoms with E-state index in [2.05, 4.69) is 16.0 Å². The molecule has 5 N–H and O–H groups in total. The van der Waals surface area contributed by atoms with Gasteiger partial charge in [-0.05, 0) is 53.8 Å². The number of carbonyl (C=O) groups is 4. The molecule has 0 aliphatic rings. The van der Waals surface area contributed by atoms with E-state index in [1.54, 1.807) is 30.5 Å². The van der Waals surface area contributed by atoms with Gasteiger partial charge in [-0.15, -0.1) is 11.3 Å². The molecule has 0 aliphatic heterocycles. The fraction of sp³-hybridized carbons (Fsp3) is 0.167. The predicted octanol–water partition coefficient (Wildman–Crippen LogP) is 3.61. The summed E-state index contributed by atoms with van der Waals surface area (Å²) in [5.41, 5.74) is 1.28. The zero-order valence-electron chi connectivity index (χ0n) is 18.8. The van der Waals surface area contributed by atoms with Gasteiger partial charge in [0.25, 0.3) is 17.7 Å². The van der Waals surface area contributed by atoms with Gasteiger partial charge in [0.1, 0.15) is 11.8 Å². The number of nitrogens with one attached hydrogen (secondary N) is 3. The normalized spacial score (nSPS) is 11.4. The number of carboxylic acids is 1. The number of hydrogen-bond donors (Lipinski definition) is 5. The number of phenols is 1. The molecular formula is C24H21Cl2N3O6S. The van der Waals surface area contributed by atoms with Crippen LogP contribution in [-0.2, 0) is 11.3 Å². The molecular weight excluding hydrogens is 529 g/mol. The Morgan fingerprint density at radius 3 is 2.25 bits per heavy atom. The van der Waals surface area contributed by atoms with Crippen molar-refractivity contribution < 1.29 is 29.4 Å². The third-order valence-electron chi connectivity index (χ3n) is 5.03. The van der Waals surface area contributed by atoms with Crippen LogP contribution in [0.5, 0.6) is 5.75 Å². The summed E-state index contributed by atoms with van der Waals surface area (Å²) in [6.45, 7) is 1.51. The van der Waals surface area contributed by atoms with Crippen LogP contribution in [-0.4, -0.2) is 46.5 Å². The molecule has 3 amide bonds. The molecule has 0 aliphatic carbocycles. The molecule has 36 heavy (non-hydrogen) atoms. The molecule has 2 aromatic carbocycles. The number of rotatable bonds is 9. The molecule has 0 saturated heterocycles. The maximum absolute atomic E-state index is 12.8. The van der Waals surface area contributed by atoms with Crippen LogP contribution in [0.4, 0.5) is 0 Å². The van der Waals surface area contributed by atoms with E-state index in [1.807, 2.05) is 0 Å². The standard InChI is InChI=1S/C24H21Cl2N3O6S/c1-12-5-6-36-20(12)23(33)28-11-18(24(34)35)29-22(32)19-16(25)8-14(9-17(19)26)21(31)27-10-13-3-2-4-15(30)7-13/h2-9,18,30H,10-11H2,1H3,(H,27,31)(H,28,33)(H,29,32)(H,34,35)/t18-/m0/s1. The molecule has 0 saturated carbocycles. The van der Waals surface area contributed by atoms with E-state index >= 15 is 0 Å². The molecule has 188 valence electrons. The highest BCUT2D eigenvalue weighted by molar-refractivity contribution is 7.12. The van der Waals surface area contributed by atoms with Crippen molar-refractivity contribution in [3.63, 3.8) is 0 Å². The van der Waals surface area contributed by atoms with Crippen LogP contribution in [0.3, 0.4) is 0 Å². The average Bonchev–Trinajstić information content (AvgIpc) is 3.25. The molecule has 9 nitrogen and oxygen atoms in total. The molecule has 1 aromatic heterocycles. The van der Waals surface area contributed by atoms with E-state index in [1.165, 1.54) is 35.6 Å². The van der Waals surface area contributed by atoms with Gasteiger partial charge in [0, 0.05) is 18.7 Å². The summed E-state index contributed by atoms with van der Waals surface area (Å²) in [5, 5.41) is 27.9. The minimum Gasteiger partial charge on any atom is -0.508 e. The zero-order chi connectivity index (χ0) is 26.4. The van der Waals surface area contributed by atoms with Crippen LogP contribution in [0.15, 0.2) is 47.8 Å². The van der Waals surface area contributed by atoms with Gasteiger partial charge in [0.15, 0.2) is 0 Å². The number of carboxylic acid groups (broad SMARTS) is 1. The third kappa shape index (κ3) is 6.75. The third-order valence-corrected chi connectivity index (χ3v) is 6.64. The van der Waals surface area contributed by atoms with Gasteiger partial charge < -0.3 is 26.2 Å². The van der Waals surface area contributed by atoms with Gasteiger partial charge in [-0.25, -0.2) is 4.79 Å². The monoisotopic (exact) mass is 549 g/mol. The first-order valence-corrected chi connectivity index (χ1v) is 12.1. The molecule has 0 radical (unpaired) electrons. The predicted molar refractivity (Wildman–Crippen MR) is 136 cm³/mol. The lowest BCUT2D eigenvalue weighted by Crippen LogP contribution is -2.48. The van der Waals surface area contributed by atoms with Crippen LogP contribution in [0, 0.1) is 6.92 Å². The van der Waals surface area contributed by atoms with Gasteiger partial charge in [0.05, 0.1) is 20.5 Å². The first-order chi connectivity index (χ1) is 17.1. The Morgan fingerprint density at radius 1 is 0.972 bits per heavy atom. The van der Waals surface area contributed by atoms with Crippen molar-refractivity contribution in [2.24, 2.45) is 0 Å². The molecule has 0 spiro atoms. The number of aliphatic carboxylic acids is 1. The molecule has 0 unspecified atom stereocenters. The van der Waals surface area contributed by atoms with E-state index in [4.69, 9.17) is 23.2 Å². The van der Waals surface area contributed by atoms with E-state index in [0.29, 0.717) is 10.4 Å². The minimum absolute atomic E-state index is 0.0593. The van der Waals surface area contributed by atoms with Crippen LogP contribution in [0.1, 0.15) is 41.5 Å². The topological polar surface area (TPSA) is 145 Å². The van der Waals surface area contributed by atoms with E-state index in [9.17, 15) is 29.4 Å². The SMILES string of the molecule is Cc1ccsc1C(=O)NC[C@H](NC(=O)c1c(Cl)cc(C(=O)NCc2cccc(O)c2)cc1Cl)C(=O)O. The average molecular weight is 550 g/mol.